The van der Waals surface area contributed by atoms with Crippen molar-refractivity contribution < 1.29 is 17.8 Å². The number of aryl methyl sites for hydroxylation is 1. The molecule has 0 saturated carbocycles. The van der Waals surface area contributed by atoms with Gasteiger partial charge < -0.3 is 4.42 Å². The zero-order valence-electron chi connectivity index (χ0n) is 16.3. The van der Waals surface area contributed by atoms with E-state index in [0.717, 1.165) is 17.2 Å². The molecule has 0 unspecified atom stereocenters. The van der Waals surface area contributed by atoms with Gasteiger partial charge >= 0.3 is 0 Å². The second-order valence-electron chi connectivity index (χ2n) is 7.25. The maximum absolute atomic E-state index is 12.9. The Hall–Kier alpha value is -3.11. The highest BCUT2D eigenvalue weighted by molar-refractivity contribution is 7.89. The predicted molar refractivity (Wildman–Crippen MR) is 108 cm³/mol. The molecule has 0 radical (unpaired) electrons. The van der Waals surface area contributed by atoms with Gasteiger partial charge in [0.2, 0.25) is 21.8 Å². The van der Waals surface area contributed by atoms with Gasteiger partial charge in [-0.2, -0.15) is 4.31 Å². The van der Waals surface area contributed by atoms with Gasteiger partial charge in [-0.25, -0.2) is 8.42 Å². The normalized spacial score (nSPS) is 15.9. The number of piperidine rings is 1. The molecule has 0 amide bonds. The van der Waals surface area contributed by atoms with Crippen molar-refractivity contribution in [2.75, 3.05) is 13.1 Å². The summed E-state index contributed by atoms with van der Waals surface area (Å²) < 4.78 is 33.0. The second kappa shape index (κ2) is 7.96. The highest BCUT2D eigenvalue weighted by atomic mass is 32.2. The Balaban J connectivity index is 1.46. The largest absolute Gasteiger partial charge is 0.420 e. The first kappa shape index (κ1) is 20.2. The number of benzene rings is 2. The van der Waals surface area contributed by atoms with Crippen LogP contribution in [0.4, 0.5) is 5.69 Å². The van der Waals surface area contributed by atoms with Crippen LogP contribution in [0.25, 0.3) is 11.5 Å². The zero-order valence-corrected chi connectivity index (χ0v) is 17.1. The summed E-state index contributed by atoms with van der Waals surface area (Å²) >= 11 is 0. The summed E-state index contributed by atoms with van der Waals surface area (Å²) in [6, 6.07) is 12.9. The third kappa shape index (κ3) is 3.96. The monoisotopic (exact) mass is 428 g/mol. The third-order valence-electron chi connectivity index (χ3n) is 5.18. The summed E-state index contributed by atoms with van der Waals surface area (Å²) in [5.41, 5.74) is 1.69. The summed E-state index contributed by atoms with van der Waals surface area (Å²) in [6.07, 6.45) is 1.06. The van der Waals surface area contributed by atoms with Crippen LogP contribution in [0.1, 0.15) is 30.2 Å². The molecule has 3 aromatic rings. The van der Waals surface area contributed by atoms with Crippen molar-refractivity contribution in [2.45, 2.75) is 30.6 Å². The highest BCUT2D eigenvalue weighted by Crippen LogP contribution is 2.32. The van der Waals surface area contributed by atoms with Crippen molar-refractivity contribution in [1.29, 1.82) is 0 Å². The summed E-state index contributed by atoms with van der Waals surface area (Å²) in [4.78, 5) is 10.3. The summed E-state index contributed by atoms with van der Waals surface area (Å²) in [7, 11) is -3.80. The molecule has 9 nitrogen and oxygen atoms in total. The minimum absolute atomic E-state index is 0.0346. The van der Waals surface area contributed by atoms with E-state index in [0.29, 0.717) is 24.6 Å². The van der Waals surface area contributed by atoms with E-state index >= 15 is 0 Å². The van der Waals surface area contributed by atoms with Crippen molar-refractivity contribution >= 4 is 15.7 Å². The molecule has 1 saturated heterocycles. The molecular weight excluding hydrogens is 408 g/mol. The Kier molecular flexibility index (Phi) is 5.35. The van der Waals surface area contributed by atoms with Crippen molar-refractivity contribution in [3.05, 3.63) is 70.1 Å². The fraction of sp³-hybridized carbons (Fsp3) is 0.300. The number of nitro groups is 1. The van der Waals surface area contributed by atoms with Crippen LogP contribution in [0.3, 0.4) is 0 Å². The first-order chi connectivity index (χ1) is 14.3. The van der Waals surface area contributed by atoms with Crippen molar-refractivity contribution in [3.8, 4) is 11.5 Å². The Morgan fingerprint density at radius 3 is 2.53 bits per heavy atom. The van der Waals surface area contributed by atoms with E-state index in [1.54, 1.807) is 0 Å². The van der Waals surface area contributed by atoms with Crippen molar-refractivity contribution in [2.24, 2.45) is 0 Å². The van der Waals surface area contributed by atoms with Gasteiger partial charge in [0.1, 0.15) is 0 Å². The lowest BCUT2D eigenvalue weighted by Crippen LogP contribution is -2.38. The van der Waals surface area contributed by atoms with Gasteiger partial charge in [-0.15, -0.1) is 10.2 Å². The van der Waals surface area contributed by atoms with E-state index in [2.05, 4.69) is 10.2 Å². The molecule has 0 bridgehead atoms. The van der Waals surface area contributed by atoms with Crippen molar-refractivity contribution in [1.82, 2.24) is 14.5 Å². The number of hydrogen-bond donors (Lipinski definition) is 0. The van der Waals surface area contributed by atoms with Crippen LogP contribution >= 0.6 is 0 Å². The van der Waals surface area contributed by atoms with E-state index in [-0.39, 0.29) is 29.6 Å². The average Bonchev–Trinajstić information content (AvgIpc) is 3.24. The second-order valence-corrected chi connectivity index (χ2v) is 9.19. The van der Waals surface area contributed by atoms with Gasteiger partial charge in [-0.1, -0.05) is 23.8 Å². The molecule has 2 aromatic carbocycles. The van der Waals surface area contributed by atoms with Crippen molar-refractivity contribution in [3.63, 3.8) is 0 Å². The van der Waals surface area contributed by atoms with Crippen LogP contribution in [0.15, 0.2) is 57.8 Å². The van der Waals surface area contributed by atoms with E-state index < -0.39 is 14.9 Å². The van der Waals surface area contributed by atoms with Gasteiger partial charge in [0.05, 0.1) is 9.82 Å². The molecule has 2 heterocycles. The SMILES string of the molecule is Cc1cccc(-c2nnc(C3CCN(S(=O)(=O)c4cccc([N+](=O)[O-])c4)CC3)o2)c1. The van der Waals surface area contributed by atoms with Gasteiger partial charge in [-0.3, -0.25) is 10.1 Å². The van der Waals surface area contributed by atoms with Crippen LogP contribution in [0.2, 0.25) is 0 Å². The van der Waals surface area contributed by atoms with E-state index in [9.17, 15) is 18.5 Å². The minimum Gasteiger partial charge on any atom is -0.420 e. The standard InChI is InChI=1S/C20H20N4O5S/c1-14-4-2-5-16(12-14)20-22-21-19(29-20)15-8-10-23(11-9-15)30(27,28)18-7-3-6-17(13-18)24(25)26/h2-7,12-13,15H,8-11H2,1H3. The fourth-order valence-corrected chi connectivity index (χ4v) is 5.05. The van der Waals surface area contributed by atoms with Gasteiger partial charge in [0.25, 0.3) is 5.69 Å². The molecule has 1 fully saturated rings. The van der Waals surface area contributed by atoms with E-state index in [4.69, 9.17) is 4.42 Å². The third-order valence-corrected chi connectivity index (χ3v) is 7.07. The van der Waals surface area contributed by atoms with E-state index in [1.807, 2.05) is 31.2 Å². The molecule has 10 heteroatoms. The Morgan fingerprint density at radius 1 is 1.10 bits per heavy atom. The summed E-state index contributed by atoms with van der Waals surface area (Å²) in [5.74, 6) is 0.909. The average molecular weight is 428 g/mol. The van der Waals surface area contributed by atoms with Crippen LogP contribution in [0.5, 0.6) is 0 Å². The molecule has 0 atom stereocenters. The predicted octanol–water partition coefficient (Wildman–Crippen LogP) is 3.52. The van der Waals surface area contributed by atoms with Gasteiger partial charge in [-0.05, 0) is 38.0 Å². The first-order valence-corrected chi connectivity index (χ1v) is 10.9. The summed E-state index contributed by atoms with van der Waals surface area (Å²) in [5, 5.41) is 19.2. The number of nitrogens with zero attached hydrogens (tertiary/aromatic N) is 4. The highest BCUT2D eigenvalue weighted by Gasteiger charge is 2.32. The van der Waals surface area contributed by atoms with Crippen LogP contribution < -0.4 is 0 Å². The van der Waals surface area contributed by atoms with Crippen LogP contribution in [-0.4, -0.2) is 40.9 Å². The number of hydrogen-bond acceptors (Lipinski definition) is 7. The minimum atomic E-state index is -3.80. The number of nitro benzene ring substituents is 1. The van der Waals surface area contributed by atoms with Crippen LogP contribution in [-0.2, 0) is 10.0 Å². The first-order valence-electron chi connectivity index (χ1n) is 9.49. The lowest BCUT2D eigenvalue weighted by atomic mass is 9.98. The Bertz CT molecular complexity index is 1180. The molecule has 0 spiro atoms. The topological polar surface area (TPSA) is 119 Å². The molecule has 156 valence electrons. The molecule has 30 heavy (non-hydrogen) atoms. The Morgan fingerprint density at radius 2 is 1.83 bits per heavy atom. The fourth-order valence-electron chi connectivity index (χ4n) is 3.54. The lowest BCUT2D eigenvalue weighted by Gasteiger charge is -2.29. The Labute approximate surface area is 173 Å². The van der Waals surface area contributed by atoms with Gasteiger partial charge in [0, 0.05) is 36.7 Å². The summed E-state index contributed by atoms with van der Waals surface area (Å²) in [6.45, 7) is 2.54. The van der Waals surface area contributed by atoms with E-state index in [1.165, 1.54) is 22.5 Å². The molecule has 1 aliphatic rings. The van der Waals surface area contributed by atoms with Crippen LogP contribution in [0, 0.1) is 17.0 Å². The molecular formula is C20H20N4O5S. The quantitative estimate of drug-likeness (QED) is 0.450. The number of rotatable bonds is 5. The lowest BCUT2D eigenvalue weighted by molar-refractivity contribution is -0.385. The smallest absolute Gasteiger partial charge is 0.270 e. The molecule has 0 N–H and O–H groups in total. The number of sulfonamides is 1. The number of non-ortho nitro benzene ring substituents is 1. The molecule has 4 rings (SSSR count). The molecule has 1 aromatic heterocycles. The maximum atomic E-state index is 12.9. The zero-order chi connectivity index (χ0) is 21.3. The molecule has 1 aliphatic heterocycles. The number of aromatic nitrogens is 2. The van der Waals surface area contributed by atoms with Gasteiger partial charge in [0.15, 0.2) is 0 Å². The molecule has 0 aliphatic carbocycles. The maximum Gasteiger partial charge on any atom is 0.270 e.